The molecule has 4 rings (SSSR count). The molecule has 0 spiro atoms. The number of benzene rings is 1. The molecule has 1 saturated heterocycles. The summed E-state index contributed by atoms with van der Waals surface area (Å²) in [5.74, 6) is 0.256. The number of hydrogen-bond acceptors (Lipinski definition) is 7. The van der Waals surface area contributed by atoms with Crippen LogP contribution in [0.3, 0.4) is 0 Å². The van der Waals surface area contributed by atoms with Gasteiger partial charge < -0.3 is 24.2 Å². The molecule has 3 aromatic rings. The standard InChI is InChI=1S/C33H43N3O5/c1-22-8-11-25(12-9-22)39-18-19-40-27-13-10-24(20-35-27)26-21-34-23(2)28(30(31(37)38)41-32(3,4)5)29(26)36-16-14-33(6,7)15-17-36/h8-13,20-21,30H,14-19H2,1-7H3,(H,37,38)/t30-/m0/s1. The summed E-state index contributed by atoms with van der Waals surface area (Å²) in [6, 6.07) is 11.7. The van der Waals surface area contributed by atoms with E-state index >= 15 is 0 Å². The maximum Gasteiger partial charge on any atom is 0.337 e. The van der Waals surface area contributed by atoms with Crippen LogP contribution in [0.4, 0.5) is 5.69 Å². The van der Waals surface area contributed by atoms with Gasteiger partial charge in [0.1, 0.15) is 19.0 Å². The number of anilines is 1. The molecule has 3 heterocycles. The van der Waals surface area contributed by atoms with Crippen LogP contribution in [0.15, 0.2) is 48.8 Å². The molecule has 1 aliphatic rings. The number of aryl methyl sites for hydroxylation is 2. The third-order valence-corrected chi connectivity index (χ3v) is 7.35. The van der Waals surface area contributed by atoms with E-state index in [0.29, 0.717) is 30.4 Å². The summed E-state index contributed by atoms with van der Waals surface area (Å²) < 4.78 is 17.7. The van der Waals surface area contributed by atoms with Gasteiger partial charge in [-0.05, 0) is 71.1 Å². The van der Waals surface area contributed by atoms with Crippen LogP contribution in [0.5, 0.6) is 11.6 Å². The van der Waals surface area contributed by atoms with Crippen LogP contribution in [-0.2, 0) is 9.53 Å². The van der Waals surface area contributed by atoms with Gasteiger partial charge in [-0.2, -0.15) is 0 Å². The van der Waals surface area contributed by atoms with Crippen molar-refractivity contribution in [3.63, 3.8) is 0 Å². The minimum absolute atomic E-state index is 0.233. The number of carbonyl (C=O) groups is 1. The molecule has 0 saturated carbocycles. The molecule has 8 nitrogen and oxygen atoms in total. The fraction of sp³-hybridized carbons (Fsp3) is 0.485. The van der Waals surface area contributed by atoms with Gasteiger partial charge in [-0.1, -0.05) is 31.5 Å². The van der Waals surface area contributed by atoms with Crippen molar-refractivity contribution < 1.29 is 24.1 Å². The quantitative estimate of drug-likeness (QED) is 0.271. The summed E-state index contributed by atoms with van der Waals surface area (Å²) in [6.07, 6.45) is 4.42. The second kappa shape index (κ2) is 12.5. The van der Waals surface area contributed by atoms with Gasteiger partial charge >= 0.3 is 5.97 Å². The molecule has 220 valence electrons. The zero-order valence-electron chi connectivity index (χ0n) is 25.4. The predicted molar refractivity (Wildman–Crippen MR) is 161 cm³/mol. The Bertz CT molecular complexity index is 1320. The van der Waals surface area contributed by atoms with Crippen molar-refractivity contribution >= 4 is 11.7 Å². The molecule has 0 aliphatic carbocycles. The van der Waals surface area contributed by atoms with E-state index in [1.54, 1.807) is 6.20 Å². The SMILES string of the molecule is Cc1ccc(OCCOc2ccc(-c3cnc(C)c([C@H](OC(C)(C)C)C(=O)O)c3N3CCC(C)(C)CC3)cn2)cc1. The van der Waals surface area contributed by atoms with Crippen molar-refractivity contribution in [3.8, 4) is 22.8 Å². The van der Waals surface area contributed by atoms with Gasteiger partial charge in [0.05, 0.1) is 11.3 Å². The summed E-state index contributed by atoms with van der Waals surface area (Å²) in [4.78, 5) is 24.1. The summed E-state index contributed by atoms with van der Waals surface area (Å²) >= 11 is 0. The predicted octanol–water partition coefficient (Wildman–Crippen LogP) is 6.79. The lowest BCUT2D eigenvalue weighted by Crippen LogP contribution is -2.39. The number of carboxylic acids is 1. The van der Waals surface area contributed by atoms with E-state index in [-0.39, 0.29) is 5.41 Å². The summed E-state index contributed by atoms with van der Waals surface area (Å²) in [6.45, 7) is 16.4. The highest BCUT2D eigenvalue weighted by molar-refractivity contribution is 5.86. The second-order valence-electron chi connectivity index (χ2n) is 12.5. The molecule has 0 amide bonds. The molecule has 2 aromatic heterocycles. The lowest BCUT2D eigenvalue weighted by molar-refractivity contribution is -0.160. The minimum Gasteiger partial charge on any atom is -0.490 e. The maximum absolute atomic E-state index is 12.6. The van der Waals surface area contributed by atoms with E-state index in [0.717, 1.165) is 48.5 Å². The van der Waals surface area contributed by atoms with E-state index in [4.69, 9.17) is 14.2 Å². The normalized spacial score (nSPS) is 15.8. The molecule has 0 radical (unpaired) electrons. The van der Waals surface area contributed by atoms with Gasteiger partial charge in [-0.15, -0.1) is 0 Å². The van der Waals surface area contributed by atoms with Crippen molar-refractivity contribution in [1.82, 2.24) is 9.97 Å². The number of carboxylic acid groups (broad SMARTS) is 1. The first-order valence-electron chi connectivity index (χ1n) is 14.3. The minimum atomic E-state index is -1.16. The van der Waals surface area contributed by atoms with Crippen molar-refractivity contribution in [3.05, 3.63) is 65.6 Å². The van der Waals surface area contributed by atoms with Gasteiger partial charge in [0.15, 0.2) is 6.10 Å². The van der Waals surface area contributed by atoms with Crippen LogP contribution in [-0.4, -0.2) is 52.9 Å². The van der Waals surface area contributed by atoms with E-state index < -0.39 is 17.7 Å². The Morgan fingerprint density at radius 2 is 1.63 bits per heavy atom. The Kier molecular flexibility index (Phi) is 9.22. The number of aromatic nitrogens is 2. The van der Waals surface area contributed by atoms with E-state index in [1.807, 2.05) is 77.2 Å². The zero-order valence-corrected chi connectivity index (χ0v) is 25.4. The second-order valence-corrected chi connectivity index (χ2v) is 12.5. The van der Waals surface area contributed by atoms with Gasteiger partial charge in [0, 0.05) is 53.9 Å². The van der Waals surface area contributed by atoms with Crippen LogP contribution >= 0.6 is 0 Å². The monoisotopic (exact) mass is 561 g/mol. The van der Waals surface area contributed by atoms with Crippen molar-refractivity contribution in [2.75, 3.05) is 31.2 Å². The Balaban J connectivity index is 1.61. The molecule has 0 unspecified atom stereocenters. The summed E-state index contributed by atoms with van der Waals surface area (Å²) in [5.41, 5.74) is 4.52. The number of rotatable bonds is 10. The van der Waals surface area contributed by atoms with E-state index in [2.05, 4.69) is 28.7 Å². The van der Waals surface area contributed by atoms with E-state index in [1.165, 1.54) is 5.56 Å². The molecular weight excluding hydrogens is 518 g/mol. The highest BCUT2D eigenvalue weighted by Gasteiger charge is 2.35. The van der Waals surface area contributed by atoms with Crippen LogP contribution in [0.25, 0.3) is 11.1 Å². The number of ether oxygens (including phenoxy) is 3. The van der Waals surface area contributed by atoms with Gasteiger partial charge in [0.2, 0.25) is 5.88 Å². The van der Waals surface area contributed by atoms with Crippen LogP contribution in [0.1, 0.15) is 70.4 Å². The maximum atomic E-state index is 12.6. The van der Waals surface area contributed by atoms with Gasteiger partial charge in [-0.3, -0.25) is 4.98 Å². The first-order valence-corrected chi connectivity index (χ1v) is 14.3. The molecular formula is C33H43N3O5. The fourth-order valence-electron chi connectivity index (χ4n) is 4.96. The third-order valence-electron chi connectivity index (χ3n) is 7.35. The molecule has 1 N–H and O–H groups in total. The largest absolute Gasteiger partial charge is 0.490 e. The third kappa shape index (κ3) is 7.97. The molecule has 41 heavy (non-hydrogen) atoms. The molecule has 1 aromatic carbocycles. The van der Waals surface area contributed by atoms with E-state index in [9.17, 15) is 9.90 Å². The highest BCUT2D eigenvalue weighted by atomic mass is 16.5. The molecule has 1 atom stereocenters. The zero-order chi connectivity index (χ0) is 29.8. The number of pyridine rings is 2. The fourth-order valence-corrected chi connectivity index (χ4v) is 4.96. The number of nitrogens with zero attached hydrogens (tertiary/aromatic N) is 3. The van der Waals surface area contributed by atoms with Crippen LogP contribution in [0.2, 0.25) is 0 Å². The number of aliphatic carboxylic acids is 1. The lowest BCUT2D eigenvalue weighted by Gasteiger charge is -2.40. The Morgan fingerprint density at radius 1 is 0.976 bits per heavy atom. The van der Waals surface area contributed by atoms with Crippen molar-refractivity contribution in [2.45, 2.75) is 73.0 Å². The van der Waals surface area contributed by atoms with Crippen molar-refractivity contribution in [1.29, 1.82) is 0 Å². The summed E-state index contributed by atoms with van der Waals surface area (Å²) in [7, 11) is 0. The molecule has 0 bridgehead atoms. The molecule has 8 heteroatoms. The Morgan fingerprint density at radius 3 is 2.22 bits per heavy atom. The Labute approximate surface area is 243 Å². The average molecular weight is 562 g/mol. The lowest BCUT2D eigenvalue weighted by atomic mass is 9.82. The number of piperidine rings is 1. The van der Waals surface area contributed by atoms with Crippen LogP contribution < -0.4 is 14.4 Å². The highest BCUT2D eigenvalue weighted by Crippen LogP contribution is 2.43. The Hall–Kier alpha value is -3.65. The smallest absolute Gasteiger partial charge is 0.337 e. The topological polar surface area (TPSA) is 94.0 Å². The molecule has 1 fully saturated rings. The van der Waals surface area contributed by atoms with Crippen molar-refractivity contribution in [2.24, 2.45) is 5.41 Å². The van der Waals surface area contributed by atoms with Gasteiger partial charge in [-0.25, -0.2) is 9.78 Å². The first-order chi connectivity index (χ1) is 19.3. The van der Waals surface area contributed by atoms with Crippen LogP contribution in [0, 0.1) is 19.3 Å². The summed E-state index contributed by atoms with van der Waals surface area (Å²) in [5, 5.41) is 10.3. The first kappa shape index (κ1) is 30.3. The number of hydrogen-bond donors (Lipinski definition) is 1. The average Bonchev–Trinajstić information content (AvgIpc) is 2.91. The molecule has 1 aliphatic heterocycles. The van der Waals surface area contributed by atoms with Gasteiger partial charge in [0.25, 0.3) is 0 Å².